The number of benzene rings is 1. The van der Waals surface area contributed by atoms with Crippen LogP contribution >= 0.6 is 11.6 Å². The van der Waals surface area contributed by atoms with Gasteiger partial charge >= 0.3 is 6.18 Å². The van der Waals surface area contributed by atoms with Crippen LogP contribution in [-0.4, -0.2) is 11.9 Å². The van der Waals surface area contributed by atoms with Gasteiger partial charge in [0.05, 0.1) is 5.56 Å². The highest BCUT2D eigenvalue weighted by molar-refractivity contribution is 6.31. The summed E-state index contributed by atoms with van der Waals surface area (Å²) in [4.78, 5) is 11.4. The normalized spacial score (nSPS) is 13.2. The van der Waals surface area contributed by atoms with Gasteiger partial charge in [-0.3, -0.25) is 4.79 Å². The fourth-order valence-corrected chi connectivity index (χ4v) is 1.57. The molecule has 0 saturated heterocycles. The molecule has 7 heteroatoms. The summed E-state index contributed by atoms with van der Waals surface area (Å²) in [6.45, 7) is 1.62. The number of carbonyl (C=O) groups excluding carboxylic acids is 1. The number of hydrogen-bond acceptors (Lipinski definition) is 2. The molecule has 0 aromatic heterocycles. The number of hydrogen-bond donors (Lipinski definition) is 2. The molecule has 0 radical (unpaired) electrons. The molecule has 0 aliphatic carbocycles. The second-order valence-corrected chi connectivity index (χ2v) is 4.39. The van der Waals surface area contributed by atoms with Crippen LogP contribution in [0.25, 0.3) is 0 Å². The largest absolute Gasteiger partial charge is 0.416 e. The van der Waals surface area contributed by atoms with E-state index in [1.54, 1.807) is 6.92 Å². The van der Waals surface area contributed by atoms with Crippen LogP contribution in [0.2, 0.25) is 5.02 Å². The Morgan fingerprint density at radius 2 is 2.06 bits per heavy atom. The van der Waals surface area contributed by atoms with Crippen molar-refractivity contribution in [3.63, 3.8) is 0 Å². The lowest BCUT2D eigenvalue weighted by atomic mass is 10.2. The third-order valence-corrected chi connectivity index (χ3v) is 2.23. The number of nitrogens with one attached hydrogen (secondary N) is 1. The summed E-state index contributed by atoms with van der Waals surface area (Å²) in [6.07, 6.45) is -4.49. The smallest absolute Gasteiger partial charge is 0.327 e. The Kier molecular flexibility index (Phi) is 4.59. The van der Waals surface area contributed by atoms with Gasteiger partial charge in [-0.25, -0.2) is 0 Å². The van der Waals surface area contributed by atoms with E-state index in [-0.39, 0.29) is 23.2 Å². The number of nitrogens with two attached hydrogens (primary N) is 1. The van der Waals surface area contributed by atoms with E-state index in [4.69, 9.17) is 17.3 Å². The molecule has 1 aromatic rings. The van der Waals surface area contributed by atoms with E-state index in [0.29, 0.717) is 0 Å². The Balaban J connectivity index is 2.90. The first-order chi connectivity index (χ1) is 8.18. The lowest BCUT2D eigenvalue weighted by Crippen LogP contribution is -2.24. The van der Waals surface area contributed by atoms with Crippen molar-refractivity contribution >= 4 is 23.2 Å². The van der Waals surface area contributed by atoms with Gasteiger partial charge in [-0.2, -0.15) is 13.2 Å². The summed E-state index contributed by atoms with van der Waals surface area (Å²) in [5.74, 6) is -0.458. The summed E-state index contributed by atoms with van der Waals surface area (Å²) < 4.78 is 37.5. The zero-order chi connectivity index (χ0) is 13.9. The van der Waals surface area contributed by atoms with E-state index in [1.807, 2.05) is 0 Å². The van der Waals surface area contributed by atoms with Gasteiger partial charge in [-0.05, 0) is 25.1 Å². The third-order valence-electron chi connectivity index (χ3n) is 2.02. The molecule has 18 heavy (non-hydrogen) atoms. The first-order valence-corrected chi connectivity index (χ1v) is 5.49. The minimum atomic E-state index is -4.51. The highest BCUT2D eigenvalue weighted by atomic mass is 35.5. The average molecular weight is 281 g/mol. The van der Waals surface area contributed by atoms with Crippen LogP contribution in [0.4, 0.5) is 18.9 Å². The van der Waals surface area contributed by atoms with E-state index in [0.717, 1.165) is 12.1 Å². The Hall–Kier alpha value is -1.27. The minimum Gasteiger partial charge on any atom is -0.327 e. The van der Waals surface area contributed by atoms with Crippen molar-refractivity contribution in [3.8, 4) is 0 Å². The molecule has 1 rings (SSSR count). The molecule has 0 spiro atoms. The third kappa shape index (κ3) is 4.54. The molecular weight excluding hydrogens is 269 g/mol. The molecule has 0 bridgehead atoms. The lowest BCUT2D eigenvalue weighted by molar-refractivity contribution is -0.137. The number of rotatable bonds is 3. The molecule has 1 aromatic carbocycles. The highest BCUT2D eigenvalue weighted by Gasteiger charge is 2.31. The predicted octanol–water partition coefficient (Wildman–Crippen LogP) is 3.03. The molecule has 0 fully saturated rings. The Bertz CT molecular complexity index is 446. The summed E-state index contributed by atoms with van der Waals surface area (Å²) in [7, 11) is 0. The van der Waals surface area contributed by atoms with Crippen molar-refractivity contribution in [2.75, 3.05) is 5.32 Å². The molecule has 0 aliphatic rings. The fraction of sp³-hybridized carbons (Fsp3) is 0.364. The van der Waals surface area contributed by atoms with Crippen molar-refractivity contribution in [1.29, 1.82) is 0 Å². The summed E-state index contributed by atoms with van der Waals surface area (Å²) in [5.41, 5.74) is 4.50. The molecule has 3 N–H and O–H groups in total. The summed E-state index contributed by atoms with van der Waals surface area (Å²) >= 11 is 5.57. The molecule has 0 aliphatic heterocycles. The second-order valence-electron chi connectivity index (χ2n) is 3.96. The standard InChI is InChI=1S/C11H12ClF3N2O/c1-6(16)2-10(18)17-9-4-7(11(13,14)15)3-8(12)5-9/h3-6H,2,16H2,1H3,(H,17,18). The van der Waals surface area contributed by atoms with E-state index in [9.17, 15) is 18.0 Å². The Morgan fingerprint density at radius 1 is 1.44 bits per heavy atom. The number of anilines is 1. The number of alkyl halides is 3. The van der Waals surface area contributed by atoms with Crippen LogP contribution in [0.15, 0.2) is 18.2 Å². The molecule has 100 valence electrons. The van der Waals surface area contributed by atoms with E-state index < -0.39 is 17.6 Å². The average Bonchev–Trinajstić information content (AvgIpc) is 2.13. The zero-order valence-electron chi connectivity index (χ0n) is 9.51. The molecular formula is C11H12ClF3N2O. The maximum Gasteiger partial charge on any atom is 0.416 e. The molecule has 3 nitrogen and oxygen atoms in total. The molecule has 1 atom stereocenters. The van der Waals surface area contributed by atoms with Crippen molar-refractivity contribution in [2.45, 2.75) is 25.6 Å². The van der Waals surface area contributed by atoms with Crippen LogP contribution < -0.4 is 11.1 Å². The van der Waals surface area contributed by atoms with Crippen LogP contribution in [-0.2, 0) is 11.0 Å². The monoisotopic (exact) mass is 280 g/mol. The van der Waals surface area contributed by atoms with Crippen LogP contribution in [0, 0.1) is 0 Å². The number of amides is 1. The summed E-state index contributed by atoms with van der Waals surface area (Å²) in [6, 6.07) is 2.50. The van der Waals surface area contributed by atoms with Gasteiger partial charge in [0.2, 0.25) is 5.91 Å². The van der Waals surface area contributed by atoms with E-state index in [1.165, 1.54) is 6.07 Å². The quantitative estimate of drug-likeness (QED) is 0.894. The predicted molar refractivity (Wildman–Crippen MR) is 63.4 cm³/mol. The first-order valence-electron chi connectivity index (χ1n) is 5.11. The van der Waals surface area contributed by atoms with E-state index in [2.05, 4.69) is 5.32 Å². The number of carbonyl (C=O) groups is 1. The van der Waals surface area contributed by atoms with Gasteiger partial charge in [0, 0.05) is 23.2 Å². The van der Waals surface area contributed by atoms with E-state index >= 15 is 0 Å². The molecule has 1 unspecified atom stereocenters. The van der Waals surface area contributed by atoms with Gasteiger partial charge in [0.15, 0.2) is 0 Å². The number of halogens is 4. The first kappa shape index (κ1) is 14.8. The van der Waals surface area contributed by atoms with Gasteiger partial charge in [0.1, 0.15) is 0 Å². The topological polar surface area (TPSA) is 55.1 Å². The second kappa shape index (κ2) is 5.58. The van der Waals surface area contributed by atoms with Crippen LogP contribution in [0.5, 0.6) is 0 Å². The van der Waals surface area contributed by atoms with Crippen molar-refractivity contribution < 1.29 is 18.0 Å². The van der Waals surface area contributed by atoms with Gasteiger partial charge in [-0.1, -0.05) is 11.6 Å². The van der Waals surface area contributed by atoms with Crippen LogP contribution in [0.1, 0.15) is 18.9 Å². The van der Waals surface area contributed by atoms with Crippen molar-refractivity contribution in [3.05, 3.63) is 28.8 Å². The maximum absolute atomic E-state index is 12.5. The van der Waals surface area contributed by atoms with Gasteiger partial charge in [0.25, 0.3) is 0 Å². The lowest BCUT2D eigenvalue weighted by Gasteiger charge is -2.11. The van der Waals surface area contributed by atoms with Gasteiger partial charge in [-0.15, -0.1) is 0 Å². The van der Waals surface area contributed by atoms with Crippen molar-refractivity contribution in [2.24, 2.45) is 5.73 Å². The molecule has 1 amide bonds. The Morgan fingerprint density at radius 3 is 2.56 bits per heavy atom. The SMILES string of the molecule is CC(N)CC(=O)Nc1cc(Cl)cc(C(F)(F)F)c1. The molecule has 0 saturated carbocycles. The minimum absolute atomic E-state index is 0.000440. The maximum atomic E-state index is 12.5. The van der Waals surface area contributed by atoms with Crippen molar-refractivity contribution in [1.82, 2.24) is 0 Å². The summed E-state index contributed by atoms with van der Waals surface area (Å²) in [5, 5.41) is 2.23. The van der Waals surface area contributed by atoms with Gasteiger partial charge < -0.3 is 11.1 Å². The molecule has 0 heterocycles. The van der Waals surface area contributed by atoms with Crippen LogP contribution in [0.3, 0.4) is 0 Å². The zero-order valence-corrected chi connectivity index (χ0v) is 10.3. The highest BCUT2D eigenvalue weighted by Crippen LogP contribution is 2.33. The fourth-order valence-electron chi connectivity index (χ4n) is 1.33. The Labute approximate surface area is 107 Å².